The Labute approximate surface area is 167 Å². The zero-order valence-electron chi connectivity index (χ0n) is 15.2. The van der Waals surface area contributed by atoms with Gasteiger partial charge in [-0.15, -0.1) is 0 Å². The summed E-state index contributed by atoms with van der Waals surface area (Å²) in [7, 11) is 0. The van der Waals surface area contributed by atoms with Crippen molar-refractivity contribution in [3.05, 3.63) is 58.6 Å². The minimum atomic E-state index is -0.603. The second kappa shape index (κ2) is 8.10. The van der Waals surface area contributed by atoms with Gasteiger partial charge in [-0.2, -0.15) is 0 Å². The Balaban J connectivity index is 1.42. The molecule has 2 aliphatic rings. The van der Waals surface area contributed by atoms with E-state index in [0.29, 0.717) is 30.5 Å². The monoisotopic (exact) mass is 401 g/mol. The number of nitrogens with zero attached hydrogens (tertiary/aromatic N) is 1. The van der Waals surface area contributed by atoms with E-state index in [4.69, 9.17) is 25.8 Å². The van der Waals surface area contributed by atoms with Crippen molar-refractivity contribution in [2.24, 2.45) is 0 Å². The molecule has 1 unspecified atom stereocenters. The van der Waals surface area contributed by atoms with Crippen LogP contribution in [-0.4, -0.2) is 43.1 Å². The molecule has 28 heavy (non-hydrogen) atoms. The topological polar surface area (TPSA) is 65.1 Å². The lowest BCUT2D eigenvalue weighted by molar-refractivity contribution is -0.135. The van der Waals surface area contributed by atoms with Gasteiger partial charge in [0.25, 0.3) is 5.91 Å². The molecule has 0 saturated carbocycles. The van der Waals surface area contributed by atoms with Crippen molar-refractivity contribution in [2.45, 2.75) is 18.9 Å². The maximum atomic E-state index is 12.7. The van der Waals surface area contributed by atoms with Crippen molar-refractivity contribution < 1.29 is 23.8 Å². The molecular formula is C21H20ClNO5. The number of carbonyl (C=O) groups excluding carboxylic acids is 2. The van der Waals surface area contributed by atoms with Gasteiger partial charge in [0.1, 0.15) is 13.2 Å². The number of ether oxygens (including phenoxy) is 3. The van der Waals surface area contributed by atoms with E-state index in [1.54, 1.807) is 29.2 Å². The minimum absolute atomic E-state index is 0.0673. The molecule has 0 radical (unpaired) electrons. The van der Waals surface area contributed by atoms with Crippen LogP contribution < -0.4 is 9.47 Å². The third-order valence-corrected chi connectivity index (χ3v) is 5.27. The average molecular weight is 402 g/mol. The Morgan fingerprint density at radius 2 is 1.89 bits per heavy atom. The van der Waals surface area contributed by atoms with Gasteiger partial charge in [0.2, 0.25) is 0 Å². The third kappa shape index (κ3) is 3.78. The first-order valence-corrected chi connectivity index (χ1v) is 9.62. The van der Waals surface area contributed by atoms with E-state index in [2.05, 4.69) is 0 Å². The number of esters is 1. The van der Waals surface area contributed by atoms with Crippen LogP contribution in [0, 0.1) is 0 Å². The molecule has 2 aliphatic heterocycles. The maximum Gasteiger partial charge on any atom is 0.340 e. The highest BCUT2D eigenvalue weighted by molar-refractivity contribution is 6.33. The van der Waals surface area contributed by atoms with Crippen molar-refractivity contribution in [3.8, 4) is 11.5 Å². The Morgan fingerprint density at radius 1 is 1.11 bits per heavy atom. The molecule has 1 amide bonds. The Bertz CT molecular complexity index is 900. The zero-order valence-corrected chi connectivity index (χ0v) is 16.0. The van der Waals surface area contributed by atoms with Gasteiger partial charge in [0, 0.05) is 6.54 Å². The molecule has 1 fully saturated rings. The molecule has 1 saturated heterocycles. The van der Waals surface area contributed by atoms with Crippen LogP contribution >= 0.6 is 11.6 Å². The number of halogens is 1. The predicted octanol–water partition coefficient (Wildman–Crippen LogP) is 3.63. The molecule has 146 valence electrons. The summed E-state index contributed by atoms with van der Waals surface area (Å²) in [6.45, 7) is 1.37. The summed E-state index contributed by atoms with van der Waals surface area (Å²) in [5.74, 6) is 0.597. The molecule has 2 aromatic rings. The van der Waals surface area contributed by atoms with Crippen LogP contribution in [0.1, 0.15) is 34.8 Å². The quantitative estimate of drug-likeness (QED) is 0.732. The van der Waals surface area contributed by atoms with Gasteiger partial charge >= 0.3 is 5.97 Å². The number of amides is 1. The molecule has 0 spiro atoms. The van der Waals surface area contributed by atoms with Gasteiger partial charge in [-0.3, -0.25) is 4.79 Å². The first-order valence-electron chi connectivity index (χ1n) is 9.24. The molecule has 7 heteroatoms. The van der Waals surface area contributed by atoms with E-state index in [1.165, 1.54) is 0 Å². The van der Waals surface area contributed by atoms with Crippen molar-refractivity contribution in [1.29, 1.82) is 0 Å². The molecule has 0 bridgehead atoms. The van der Waals surface area contributed by atoms with E-state index in [0.717, 1.165) is 24.2 Å². The Hall–Kier alpha value is -2.73. The Morgan fingerprint density at radius 3 is 2.71 bits per heavy atom. The lowest BCUT2D eigenvalue weighted by atomic mass is 10.0. The average Bonchev–Trinajstić information content (AvgIpc) is 3.22. The van der Waals surface area contributed by atoms with E-state index in [1.807, 2.05) is 18.2 Å². The number of hydrogen-bond acceptors (Lipinski definition) is 5. The van der Waals surface area contributed by atoms with Crippen LogP contribution in [0.25, 0.3) is 0 Å². The summed E-state index contributed by atoms with van der Waals surface area (Å²) in [6, 6.07) is 12.3. The third-order valence-electron chi connectivity index (χ3n) is 4.94. The number of rotatable bonds is 4. The standard InChI is InChI=1S/C21H20ClNO5/c22-16-5-2-1-4-15(16)21(25)28-13-20(24)23-9-3-6-17(23)14-7-8-18-19(12-14)27-11-10-26-18/h1-2,4-5,7-8,12,17H,3,6,9-11,13H2. The SMILES string of the molecule is O=C(OCC(=O)N1CCCC1c1ccc2c(c1)OCCO2)c1ccccc1Cl. The molecule has 0 N–H and O–H groups in total. The normalized spacial score (nSPS) is 18.0. The van der Waals surface area contributed by atoms with Crippen molar-refractivity contribution in [3.63, 3.8) is 0 Å². The fraction of sp³-hybridized carbons (Fsp3) is 0.333. The van der Waals surface area contributed by atoms with E-state index in [9.17, 15) is 9.59 Å². The van der Waals surface area contributed by atoms with Crippen LogP contribution in [0.4, 0.5) is 0 Å². The number of likely N-dealkylation sites (tertiary alicyclic amines) is 1. The van der Waals surface area contributed by atoms with Crippen LogP contribution in [-0.2, 0) is 9.53 Å². The highest BCUT2D eigenvalue weighted by Gasteiger charge is 2.31. The van der Waals surface area contributed by atoms with Crippen LogP contribution in [0.2, 0.25) is 5.02 Å². The van der Waals surface area contributed by atoms with Crippen molar-refractivity contribution in [1.82, 2.24) is 4.90 Å². The highest BCUT2D eigenvalue weighted by Crippen LogP contribution is 2.38. The summed E-state index contributed by atoms with van der Waals surface area (Å²) in [6.07, 6.45) is 1.74. The van der Waals surface area contributed by atoms with Crippen molar-refractivity contribution in [2.75, 3.05) is 26.4 Å². The fourth-order valence-corrected chi connectivity index (χ4v) is 3.81. The molecule has 6 nitrogen and oxygen atoms in total. The van der Waals surface area contributed by atoms with Gasteiger partial charge in [0.15, 0.2) is 18.1 Å². The van der Waals surface area contributed by atoms with E-state index < -0.39 is 5.97 Å². The molecule has 0 aromatic heterocycles. The number of hydrogen-bond donors (Lipinski definition) is 0. The first kappa shape index (κ1) is 18.6. The molecule has 1 atom stereocenters. The van der Waals surface area contributed by atoms with Crippen LogP contribution in [0.15, 0.2) is 42.5 Å². The molecule has 2 heterocycles. The van der Waals surface area contributed by atoms with E-state index >= 15 is 0 Å². The largest absolute Gasteiger partial charge is 0.486 e. The van der Waals surface area contributed by atoms with E-state index in [-0.39, 0.29) is 24.1 Å². The maximum absolute atomic E-state index is 12.7. The van der Waals surface area contributed by atoms with Crippen molar-refractivity contribution >= 4 is 23.5 Å². The lowest BCUT2D eigenvalue weighted by Crippen LogP contribution is -2.34. The fourth-order valence-electron chi connectivity index (χ4n) is 3.59. The van der Waals surface area contributed by atoms with Gasteiger partial charge in [-0.1, -0.05) is 29.8 Å². The second-order valence-corrected chi connectivity index (χ2v) is 7.11. The van der Waals surface area contributed by atoms with Gasteiger partial charge in [-0.25, -0.2) is 4.79 Å². The predicted molar refractivity (Wildman–Crippen MR) is 103 cm³/mol. The molecular weight excluding hydrogens is 382 g/mol. The summed E-state index contributed by atoms with van der Waals surface area (Å²) in [4.78, 5) is 26.6. The van der Waals surface area contributed by atoms with Gasteiger partial charge < -0.3 is 19.1 Å². The highest BCUT2D eigenvalue weighted by atomic mass is 35.5. The summed E-state index contributed by atoms with van der Waals surface area (Å²) in [5.41, 5.74) is 1.24. The zero-order chi connectivity index (χ0) is 19.5. The summed E-state index contributed by atoms with van der Waals surface area (Å²) < 4.78 is 16.4. The molecule has 4 rings (SSSR count). The number of carbonyl (C=O) groups is 2. The summed E-state index contributed by atoms with van der Waals surface area (Å²) in [5, 5.41) is 0.301. The van der Waals surface area contributed by atoms with Gasteiger partial charge in [0.05, 0.1) is 16.6 Å². The number of fused-ring (bicyclic) bond motifs is 1. The second-order valence-electron chi connectivity index (χ2n) is 6.70. The van der Waals surface area contributed by atoms with Crippen LogP contribution in [0.3, 0.4) is 0 Å². The Kier molecular flexibility index (Phi) is 5.39. The molecule has 0 aliphatic carbocycles. The first-order chi connectivity index (χ1) is 13.6. The lowest BCUT2D eigenvalue weighted by Gasteiger charge is -2.26. The number of benzene rings is 2. The van der Waals surface area contributed by atoms with Gasteiger partial charge in [-0.05, 0) is 42.7 Å². The smallest absolute Gasteiger partial charge is 0.340 e. The minimum Gasteiger partial charge on any atom is -0.486 e. The molecule has 2 aromatic carbocycles. The van der Waals surface area contributed by atoms with Crippen LogP contribution in [0.5, 0.6) is 11.5 Å². The summed E-state index contributed by atoms with van der Waals surface area (Å²) >= 11 is 6.00.